The molecular formula is C15H23NO2. The first-order valence-electron chi connectivity index (χ1n) is 6.41. The third-order valence-electron chi connectivity index (χ3n) is 3.12. The second kappa shape index (κ2) is 6.01. The minimum atomic E-state index is -0.791. The van der Waals surface area contributed by atoms with Crippen molar-refractivity contribution in [1.29, 1.82) is 0 Å². The fraction of sp³-hybridized carbons (Fsp3) is 0.533. The van der Waals surface area contributed by atoms with Gasteiger partial charge in [-0.25, -0.2) is 0 Å². The molecule has 1 unspecified atom stereocenters. The summed E-state index contributed by atoms with van der Waals surface area (Å²) in [5.74, 6) is -0.791. The number of carboxylic acids is 1. The second-order valence-corrected chi connectivity index (χ2v) is 5.29. The molecule has 0 aliphatic rings. The summed E-state index contributed by atoms with van der Waals surface area (Å²) in [7, 11) is 0. The SMILES string of the molecule is Cc1ccc(C(C(=O)O)N(C(C)C)C(C)C)cc1. The van der Waals surface area contributed by atoms with Crippen LogP contribution in [0.2, 0.25) is 0 Å². The van der Waals surface area contributed by atoms with E-state index in [-0.39, 0.29) is 12.1 Å². The molecule has 0 saturated heterocycles. The predicted octanol–water partition coefficient (Wildman–Crippen LogP) is 3.24. The smallest absolute Gasteiger partial charge is 0.325 e. The highest BCUT2D eigenvalue weighted by Gasteiger charge is 2.30. The van der Waals surface area contributed by atoms with Crippen molar-refractivity contribution in [2.45, 2.75) is 52.7 Å². The van der Waals surface area contributed by atoms with Crippen molar-refractivity contribution in [3.63, 3.8) is 0 Å². The Kier molecular flexibility index (Phi) is 4.91. The van der Waals surface area contributed by atoms with Crippen LogP contribution >= 0.6 is 0 Å². The first kappa shape index (κ1) is 14.7. The van der Waals surface area contributed by atoms with Gasteiger partial charge in [-0.2, -0.15) is 0 Å². The van der Waals surface area contributed by atoms with Crippen molar-refractivity contribution in [1.82, 2.24) is 4.90 Å². The molecule has 0 heterocycles. The Labute approximate surface area is 109 Å². The highest BCUT2D eigenvalue weighted by atomic mass is 16.4. The summed E-state index contributed by atoms with van der Waals surface area (Å²) in [5.41, 5.74) is 1.99. The molecular weight excluding hydrogens is 226 g/mol. The van der Waals surface area contributed by atoms with E-state index in [0.717, 1.165) is 11.1 Å². The first-order chi connectivity index (χ1) is 8.34. The highest BCUT2D eigenvalue weighted by molar-refractivity contribution is 5.75. The molecule has 0 amide bonds. The summed E-state index contributed by atoms with van der Waals surface area (Å²) >= 11 is 0. The van der Waals surface area contributed by atoms with Gasteiger partial charge in [0, 0.05) is 12.1 Å². The number of carboxylic acid groups (broad SMARTS) is 1. The minimum Gasteiger partial charge on any atom is -0.480 e. The number of hydrogen-bond acceptors (Lipinski definition) is 2. The first-order valence-corrected chi connectivity index (χ1v) is 6.41. The number of hydrogen-bond donors (Lipinski definition) is 1. The number of aliphatic carboxylic acids is 1. The van der Waals surface area contributed by atoms with Gasteiger partial charge in [-0.3, -0.25) is 9.69 Å². The standard InChI is InChI=1S/C15H23NO2/c1-10(2)16(11(3)4)14(15(17)18)13-8-6-12(5)7-9-13/h6-11,14H,1-5H3,(H,17,18). The van der Waals surface area contributed by atoms with Crippen LogP contribution in [-0.4, -0.2) is 28.1 Å². The van der Waals surface area contributed by atoms with Gasteiger partial charge in [0.25, 0.3) is 0 Å². The molecule has 1 aromatic carbocycles. The number of aryl methyl sites for hydroxylation is 1. The molecule has 0 saturated carbocycles. The predicted molar refractivity (Wildman–Crippen MR) is 73.7 cm³/mol. The normalized spacial score (nSPS) is 13.3. The lowest BCUT2D eigenvalue weighted by Gasteiger charge is -2.36. The van der Waals surface area contributed by atoms with Gasteiger partial charge in [0.15, 0.2) is 0 Å². The third-order valence-corrected chi connectivity index (χ3v) is 3.12. The van der Waals surface area contributed by atoms with E-state index in [4.69, 9.17) is 0 Å². The van der Waals surface area contributed by atoms with Crippen molar-refractivity contribution in [2.75, 3.05) is 0 Å². The summed E-state index contributed by atoms with van der Waals surface area (Å²) in [6, 6.07) is 7.54. The maximum Gasteiger partial charge on any atom is 0.325 e. The van der Waals surface area contributed by atoms with Gasteiger partial charge in [-0.15, -0.1) is 0 Å². The fourth-order valence-corrected chi connectivity index (χ4v) is 2.38. The van der Waals surface area contributed by atoms with Gasteiger partial charge < -0.3 is 5.11 Å². The van der Waals surface area contributed by atoms with Crippen molar-refractivity contribution < 1.29 is 9.90 Å². The van der Waals surface area contributed by atoms with Crippen molar-refractivity contribution >= 4 is 5.97 Å². The van der Waals surface area contributed by atoms with E-state index in [1.54, 1.807) is 0 Å². The van der Waals surface area contributed by atoms with E-state index in [0.29, 0.717) is 0 Å². The Hall–Kier alpha value is -1.35. The molecule has 18 heavy (non-hydrogen) atoms. The topological polar surface area (TPSA) is 40.5 Å². The number of nitrogens with zero attached hydrogens (tertiary/aromatic N) is 1. The number of benzene rings is 1. The van der Waals surface area contributed by atoms with Crippen LogP contribution < -0.4 is 0 Å². The molecule has 0 aromatic heterocycles. The summed E-state index contributed by atoms with van der Waals surface area (Å²) in [5, 5.41) is 9.52. The molecule has 1 N–H and O–H groups in total. The maximum absolute atomic E-state index is 11.6. The summed E-state index contributed by atoms with van der Waals surface area (Å²) < 4.78 is 0. The van der Waals surface area contributed by atoms with Gasteiger partial charge in [0.2, 0.25) is 0 Å². The van der Waals surface area contributed by atoms with E-state index < -0.39 is 12.0 Å². The van der Waals surface area contributed by atoms with Crippen LogP contribution in [-0.2, 0) is 4.79 Å². The molecule has 0 aliphatic carbocycles. The van der Waals surface area contributed by atoms with E-state index >= 15 is 0 Å². The van der Waals surface area contributed by atoms with Crippen LogP contribution in [0.1, 0.15) is 44.9 Å². The lowest BCUT2D eigenvalue weighted by molar-refractivity contribution is -0.145. The van der Waals surface area contributed by atoms with Crippen molar-refractivity contribution in [3.05, 3.63) is 35.4 Å². The van der Waals surface area contributed by atoms with Crippen LogP contribution in [0, 0.1) is 6.92 Å². The zero-order valence-corrected chi connectivity index (χ0v) is 11.8. The monoisotopic (exact) mass is 249 g/mol. The Morgan fingerprint density at radius 3 is 1.83 bits per heavy atom. The Morgan fingerprint density at radius 2 is 1.50 bits per heavy atom. The largest absolute Gasteiger partial charge is 0.480 e. The molecule has 0 radical (unpaired) electrons. The zero-order valence-electron chi connectivity index (χ0n) is 11.8. The van der Waals surface area contributed by atoms with Gasteiger partial charge in [-0.1, -0.05) is 29.8 Å². The van der Waals surface area contributed by atoms with Crippen molar-refractivity contribution in [2.24, 2.45) is 0 Å². The summed E-state index contributed by atoms with van der Waals surface area (Å²) in [4.78, 5) is 13.6. The quantitative estimate of drug-likeness (QED) is 0.871. The molecule has 100 valence electrons. The molecule has 1 aromatic rings. The number of rotatable bonds is 5. The van der Waals surface area contributed by atoms with Crippen LogP contribution in [0.25, 0.3) is 0 Å². The van der Waals surface area contributed by atoms with E-state index in [1.165, 1.54) is 0 Å². The molecule has 0 fully saturated rings. The maximum atomic E-state index is 11.6. The Balaban J connectivity index is 3.16. The zero-order chi connectivity index (χ0) is 13.9. The van der Waals surface area contributed by atoms with E-state index in [2.05, 4.69) is 0 Å². The molecule has 1 rings (SSSR count). The lowest BCUT2D eigenvalue weighted by atomic mass is 10.0. The summed E-state index contributed by atoms with van der Waals surface area (Å²) in [6.45, 7) is 10.1. The lowest BCUT2D eigenvalue weighted by Crippen LogP contribution is -2.43. The van der Waals surface area contributed by atoms with Crippen LogP contribution in [0.5, 0.6) is 0 Å². The average Bonchev–Trinajstić information content (AvgIpc) is 2.25. The number of carbonyl (C=O) groups is 1. The molecule has 3 heteroatoms. The van der Waals surface area contributed by atoms with Gasteiger partial charge in [0.1, 0.15) is 6.04 Å². The van der Waals surface area contributed by atoms with E-state index in [9.17, 15) is 9.90 Å². The van der Waals surface area contributed by atoms with Gasteiger partial charge >= 0.3 is 5.97 Å². The molecule has 0 bridgehead atoms. The molecule has 0 spiro atoms. The van der Waals surface area contributed by atoms with Crippen molar-refractivity contribution in [3.8, 4) is 0 Å². The van der Waals surface area contributed by atoms with E-state index in [1.807, 2.05) is 63.8 Å². The van der Waals surface area contributed by atoms with Crippen LogP contribution in [0.4, 0.5) is 0 Å². The van der Waals surface area contributed by atoms with Gasteiger partial charge in [0.05, 0.1) is 0 Å². The highest BCUT2D eigenvalue weighted by Crippen LogP contribution is 2.26. The summed E-state index contributed by atoms with van der Waals surface area (Å²) in [6.07, 6.45) is 0. The van der Waals surface area contributed by atoms with Gasteiger partial charge in [-0.05, 0) is 40.2 Å². The molecule has 1 atom stereocenters. The Morgan fingerprint density at radius 1 is 1.06 bits per heavy atom. The third kappa shape index (κ3) is 3.33. The molecule has 3 nitrogen and oxygen atoms in total. The Bertz CT molecular complexity index is 387. The average molecular weight is 249 g/mol. The minimum absolute atomic E-state index is 0.187. The second-order valence-electron chi connectivity index (χ2n) is 5.29. The van der Waals surface area contributed by atoms with Crippen LogP contribution in [0.3, 0.4) is 0 Å². The van der Waals surface area contributed by atoms with Crippen LogP contribution in [0.15, 0.2) is 24.3 Å². The molecule has 0 aliphatic heterocycles. The fourth-order valence-electron chi connectivity index (χ4n) is 2.38.